The van der Waals surface area contributed by atoms with E-state index in [2.05, 4.69) is 115 Å². The highest BCUT2D eigenvalue weighted by Crippen LogP contribution is 2.63. The number of hydrogen-bond donors (Lipinski definition) is 0. The van der Waals surface area contributed by atoms with Crippen molar-refractivity contribution in [3.8, 4) is 28.7 Å². The Bertz CT molecular complexity index is 1880. The molecular weight excluding hydrogens is 486 g/mol. The summed E-state index contributed by atoms with van der Waals surface area (Å²) in [5.74, 6) is 1.85. The van der Waals surface area contributed by atoms with Crippen LogP contribution in [0.4, 0.5) is 0 Å². The van der Waals surface area contributed by atoms with Gasteiger partial charge < -0.3 is 4.74 Å². The summed E-state index contributed by atoms with van der Waals surface area (Å²) in [4.78, 5) is 0. The SMILES string of the molecule is N#CC1=CCCC=C1c1ccc(-c2ccc3c(c2)Oc2ccccc2C32C3=C(C=CCC3)c3ccccc32)cc1. The van der Waals surface area contributed by atoms with Crippen molar-refractivity contribution in [1.82, 2.24) is 0 Å². The molecule has 1 unspecified atom stereocenters. The van der Waals surface area contributed by atoms with E-state index in [1.54, 1.807) is 0 Å². The largest absolute Gasteiger partial charge is 0.457 e. The lowest BCUT2D eigenvalue weighted by molar-refractivity contribution is 0.432. The van der Waals surface area contributed by atoms with Gasteiger partial charge in [0.05, 0.1) is 17.1 Å². The van der Waals surface area contributed by atoms with E-state index in [4.69, 9.17) is 4.74 Å². The van der Waals surface area contributed by atoms with Crippen molar-refractivity contribution in [2.24, 2.45) is 0 Å². The zero-order chi connectivity index (χ0) is 26.7. The van der Waals surface area contributed by atoms with Gasteiger partial charge in [0.15, 0.2) is 0 Å². The van der Waals surface area contributed by atoms with Gasteiger partial charge in [-0.2, -0.15) is 5.26 Å². The zero-order valence-electron chi connectivity index (χ0n) is 22.2. The average molecular weight is 514 g/mol. The van der Waals surface area contributed by atoms with Crippen LogP contribution in [0.2, 0.25) is 0 Å². The van der Waals surface area contributed by atoms with Gasteiger partial charge in [-0.15, -0.1) is 0 Å². The highest BCUT2D eigenvalue weighted by molar-refractivity contribution is 5.92. The van der Waals surface area contributed by atoms with Gasteiger partial charge in [-0.25, -0.2) is 0 Å². The lowest BCUT2D eigenvalue weighted by Gasteiger charge is -2.41. The number of nitriles is 1. The maximum Gasteiger partial charge on any atom is 0.132 e. The lowest BCUT2D eigenvalue weighted by Crippen LogP contribution is -2.33. The van der Waals surface area contributed by atoms with Crippen LogP contribution in [0.1, 0.15) is 53.5 Å². The molecule has 0 radical (unpaired) electrons. The molecule has 190 valence electrons. The molecule has 1 atom stereocenters. The molecule has 40 heavy (non-hydrogen) atoms. The molecule has 1 aliphatic heterocycles. The van der Waals surface area contributed by atoms with E-state index in [1.807, 2.05) is 6.08 Å². The summed E-state index contributed by atoms with van der Waals surface area (Å²) in [5.41, 5.74) is 12.8. The summed E-state index contributed by atoms with van der Waals surface area (Å²) in [7, 11) is 0. The van der Waals surface area contributed by atoms with Crippen LogP contribution in [0.15, 0.2) is 126 Å². The number of nitrogens with zero attached hydrogens (tertiary/aromatic N) is 1. The zero-order valence-corrected chi connectivity index (χ0v) is 22.2. The van der Waals surface area contributed by atoms with Gasteiger partial charge in [0.2, 0.25) is 0 Å². The highest BCUT2D eigenvalue weighted by atomic mass is 16.5. The second kappa shape index (κ2) is 8.83. The van der Waals surface area contributed by atoms with Gasteiger partial charge in [-0.1, -0.05) is 103 Å². The maximum atomic E-state index is 9.58. The van der Waals surface area contributed by atoms with Crippen molar-refractivity contribution in [2.45, 2.75) is 31.1 Å². The third-order valence-electron chi connectivity index (χ3n) is 8.94. The average Bonchev–Trinajstić information content (AvgIpc) is 3.32. The summed E-state index contributed by atoms with van der Waals surface area (Å²) in [6, 6.07) is 35.2. The molecule has 0 saturated heterocycles. The van der Waals surface area contributed by atoms with Crippen LogP contribution >= 0.6 is 0 Å². The van der Waals surface area contributed by atoms with Crippen molar-refractivity contribution in [1.29, 1.82) is 5.26 Å². The smallest absolute Gasteiger partial charge is 0.132 e. The molecule has 0 amide bonds. The summed E-state index contributed by atoms with van der Waals surface area (Å²) >= 11 is 0. The van der Waals surface area contributed by atoms with Crippen molar-refractivity contribution in [2.75, 3.05) is 0 Å². The monoisotopic (exact) mass is 513 g/mol. The summed E-state index contributed by atoms with van der Waals surface area (Å²) < 4.78 is 6.68. The molecule has 2 nitrogen and oxygen atoms in total. The van der Waals surface area contributed by atoms with Gasteiger partial charge in [0, 0.05) is 11.1 Å². The van der Waals surface area contributed by atoms with E-state index >= 15 is 0 Å². The molecule has 1 spiro atoms. The first kappa shape index (κ1) is 23.1. The number of para-hydroxylation sites is 1. The molecule has 0 aromatic heterocycles. The first-order valence-corrected chi connectivity index (χ1v) is 14.1. The third-order valence-corrected chi connectivity index (χ3v) is 8.94. The van der Waals surface area contributed by atoms with E-state index in [0.717, 1.165) is 65.0 Å². The molecule has 1 heterocycles. The second-order valence-corrected chi connectivity index (χ2v) is 10.9. The Labute approximate surface area is 234 Å². The third kappa shape index (κ3) is 3.15. The fourth-order valence-electron chi connectivity index (χ4n) is 7.25. The van der Waals surface area contributed by atoms with Crippen LogP contribution in [0.5, 0.6) is 11.5 Å². The number of rotatable bonds is 2. The van der Waals surface area contributed by atoms with Crippen LogP contribution in [0, 0.1) is 11.3 Å². The molecule has 2 heteroatoms. The number of hydrogen-bond acceptors (Lipinski definition) is 2. The van der Waals surface area contributed by atoms with E-state index < -0.39 is 0 Å². The predicted octanol–water partition coefficient (Wildman–Crippen LogP) is 9.54. The summed E-state index contributed by atoms with van der Waals surface area (Å²) in [5, 5.41) is 9.58. The Hall–Kier alpha value is -4.87. The van der Waals surface area contributed by atoms with Gasteiger partial charge in [0.25, 0.3) is 0 Å². The fraction of sp³-hybridized carbons (Fsp3) is 0.132. The van der Waals surface area contributed by atoms with Gasteiger partial charge in [-0.3, -0.25) is 0 Å². The molecular formula is C38H27NO. The standard InChI is InChI=1S/C38H27NO/c39-24-28-9-1-2-10-29(28)26-19-17-25(18-20-26)27-21-22-35-37(23-27)40-36-16-8-7-15-34(36)38(35)32-13-5-3-11-30(32)31-12-4-6-14-33(31)38/h3-5,7-13,15-23H,1-2,6,14H2. The molecule has 4 aliphatic rings. The molecule has 8 rings (SSSR count). The van der Waals surface area contributed by atoms with Crippen molar-refractivity contribution in [3.05, 3.63) is 154 Å². The Morgan fingerprint density at radius 3 is 2.27 bits per heavy atom. The van der Waals surface area contributed by atoms with Crippen LogP contribution in [0.3, 0.4) is 0 Å². The van der Waals surface area contributed by atoms with Crippen molar-refractivity contribution >= 4 is 11.1 Å². The van der Waals surface area contributed by atoms with E-state index in [-0.39, 0.29) is 5.41 Å². The number of allylic oxidation sites excluding steroid dienone is 8. The summed E-state index contributed by atoms with van der Waals surface area (Å²) in [6.45, 7) is 0. The topological polar surface area (TPSA) is 33.0 Å². The Morgan fingerprint density at radius 1 is 0.675 bits per heavy atom. The van der Waals surface area contributed by atoms with Gasteiger partial charge in [-0.05, 0) is 82.4 Å². The molecule has 0 bridgehead atoms. The number of fused-ring (bicyclic) bond motifs is 8. The van der Waals surface area contributed by atoms with Crippen LogP contribution in [-0.2, 0) is 5.41 Å². The molecule has 0 N–H and O–H groups in total. The lowest BCUT2D eigenvalue weighted by atomic mass is 9.64. The van der Waals surface area contributed by atoms with Gasteiger partial charge >= 0.3 is 0 Å². The second-order valence-electron chi connectivity index (χ2n) is 10.9. The molecule has 0 fully saturated rings. The molecule has 0 saturated carbocycles. The van der Waals surface area contributed by atoms with Gasteiger partial charge in [0.1, 0.15) is 11.5 Å². The normalized spacial score (nSPS) is 20.0. The molecule has 4 aromatic carbocycles. The minimum atomic E-state index is -0.350. The predicted molar refractivity (Wildman–Crippen MR) is 161 cm³/mol. The Morgan fingerprint density at radius 2 is 1.40 bits per heavy atom. The minimum Gasteiger partial charge on any atom is -0.457 e. The quantitative estimate of drug-likeness (QED) is 0.267. The van der Waals surface area contributed by atoms with E-state index in [0.29, 0.717) is 0 Å². The van der Waals surface area contributed by atoms with E-state index in [9.17, 15) is 5.26 Å². The van der Waals surface area contributed by atoms with Crippen LogP contribution in [-0.4, -0.2) is 0 Å². The van der Waals surface area contributed by atoms with Crippen molar-refractivity contribution < 1.29 is 4.74 Å². The maximum absolute atomic E-state index is 9.58. The summed E-state index contributed by atoms with van der Waals surface area (Å²) in [6.07, 6.45) is 12.9. The highest BCUT2D eigenvalue weighted by Gasteiger charge is 2.51. The first-order valence-electron chi connectivity index (χ1n) is 14.1. The van der Waals surface area contributed by atoms with Crippen molar-refractivity contribution in [3.63, 3.8) is 0 Å². The number of benzene rings is 4. The Balaban J connectivity index is 1.28. The van der Waals surface area contributed by atoms with Crippen LogP contribution in [0.25, 0.3) is 22.3 Å². The molecule has 4 aromatic rings. The number of ether oxygens (including phenoxy) is 1. The first-order chi connectivity index (χ1) is 19.8. The Kier molecular flexibility index (Phi) is 5.09. The van der Waals surface area contributed by atoms with Crippen LogP contribution < -0.4 is 4.74 Å². The minimum absolute atomic E-state index is 0.350. The fourth-order valence-corrected chi connectivity index (χ4v) is 7.25. The molecule has 3 aliphatic carbocycles. The van der Waals surface area contributed by atoms with E-state index in [1.165, 1.54) is 33.4 Å².